The van der Waals surface area contributed by atoms with Crippen LogP contribution >= 0.6 is 11.8 Å². The lowest BCUT2D eigenvalue weighted by Crippen LogP contribution is -2.25. The molecule has 1 aliphatic rings. The number of aromatic nitrogens is 1. The molecule has 2 heterocycles. The van der Waals surface area contributed by atoms with Crippen molar-refractivity contribution in [2.75, 3.05) is 6.61 Å². The third-order valence-electron chi connectivity index (χ3n) is 5.02. The van der Waals surface area contributed by atoms with Crippen LogP contribution in [0.25, 0.3) is 10.9 Å². The molecule has 4 rings (SSSR count). The number of benzene rings is 2. The van der Waals surface area contributed by atoms with Gasteiger partial charge in [-0.2, -0.15) is 0 Å². The molecule has 0 bridgehead atoms. The Morgan fingerprint density at radius 3 is 2.61 bits per heavy atom. The lowest BCUT2D eigenvalue weighted by molar-refractivity contribution is -0.129. The molecule has 0 radical (unpaired) electrons. The Balaban J connectivity index is 1.60. The van der Waals surface area contributed by atoms with Crippen molar-refractivity contribution in [3.8, 4) is 5.75 Å². The average molecular weight is 437 g/mol. The molecular formula is C23H24N4O3S. The molecule has 2 amide bonds. The number of aryl methyl sites for hydroxylation is 1. The number of carbonyl (C=O) groups is 2. The highest BCUT2D eigenvalue weighted by Gasteiger charge is 2.34. The Bertz CT molecular complexity index is 1170. The second-order valence-corrected chi connectivity index (χ2v) is 8.40. The van der Waals surface area contributed by atoms with Crippen molar-refractivity contribution in [1.29, 1.82) is 0 Å². The first-order valence-corrected chi connectivity index (χ1v) is 10.9. The molecular weight excluding hydrogens is 412 g/mol. The lowest BCUT2D eigenvalue weighted by Gasteiger charge is -2.18. The molecule has 0 saturated carbocycles. The van der Waals surface area contributed by atoms with E-state index in [0.29, 0.717) is 18.3 Å². The number of amidine groups is 1. The number of hydrazone groups is 1. The number of fused-ring (bicyclic) bond motifs is 1. The predicted molar refractivity (Wildman–Crippen MR) is 123 cm³/mol. The summed E-state index contributed by atoms with van der Waals surface area (Å²) in [6.45, 7) is 6.10. The third-order valence-corrected chi connectivity index (χ3v) is 6.10. The first-order valence-electron chi connectivity index (χ1n) is 10.0. The Labute approximate surface area is 185 Å². The fourth-order valence-electron chi connectivity index (χ4n) is 3.59. The van der Waals surface area contributed by atoms with E-state index in [0.717, 1.165) is 27.8 Å². The Morgan fingerprint density at radius 1 is 1.13 bits per heavy atom. The number of amides is 2. The van der Waals surface area contributed by atoms with E-state index in [9.17, 15) is 9.59 Å². The molecule has 0 saturated heterocycles. The van der Waals surface area contributed by atoms with Gasteiger partial charge in [0.1, 0.15) is 17.7 Å². The number of thioether (sulfide) groups is 1. The molecule has 31 heavy (non-hydrogen) atoms. The summed E-state index contributed by atoms with van der Waals surface area (Å²) in [5.41, 5.74) is 3.13. The summed E-state index contributed by atoms with van der Waals surface area (Å²) in [6.07, 6.45) is 2.05. The van der Waals surface area contributed by atoms with Gasteiger partial charge in [0.25, 0.3) is 0 Å². The number of hydrogen-bond acceptors (Lipinski definition) is 5. The van der Waals surface area contributed by atoms with E-state index in [4.69, 9.17) is 4.74 Å². The van der Waals surface area contributed by atoms with Crippen molar-refractivity contribution >= 4 is 39.6 Å². The maximum absolute atomic E-state index is 12.2. The molecule has 8 heteroatoms. The fraction of sp³-hybridized carbons (Fsp3) is 0.261. The SMILES string of the molecule is CC(=O)NC1=NN(C(C)=O)C(c2cn(CCOc3ccccc3C)c3ccccc23)S1. The molecule has 160 valence electrons. The van der Waals surface area contributed by atoms with Crippen LogP contribution in [0.1, 0.15) is 30.3 Å². The Kier molecular flexibility index (Phi) is 5.99. The van der Waals surface area contributed by atoms with Gasteiger partial charge in [-0.1, -0.05) is 48.2 Å². The maximum Gasteiger partial charge on any atom is 0.241 e. The Morgan fingerprint density at radius 2 is 1.87 bits per heavy atom. The van der Waals surface area contributed by atoms with Crippen molar-refractivity contribution in [2.45, 2.75) is 32.7 Å². The summed E-state index contributed by atoms with van der Waals surface area (Å²) in [6, 6.07) is 16.0. The van der Waals surface area contributed by atoms with Crippen molar-refractivity contribution < 1.29 is 14.3 Å². The van der Waals surface area contributed by atoms with E-state index in [1.54, 1.807) is 0 Å². The van der Waals surface area contributed by atoms with Gasteiger partial charge in [0.2, 0.25) is 11.8 Å². The standard InChI is InChI=1S/C23H24N4O3S/c1-15-8-4-7-11-21(15)30-13-12-26-14-19(18-9-5-6-10-20(18)26)22-27(17(3)29)25-23(31-22)24-16(2)28/h4-11,14,22H,12-13H2,1-3H3,(H,24,25,28). The normalized spacial score (nSPS) is 15.8. The fourth-order valence-corrected chi connectivity index (χ4v) is 4.75. The number of nitrogens with one attached hydrogen (secondary N) is 1. The van der Waals surface area contributed by atoms with Gasteiger partial charge in [-0.3, -0.25) is 9.59 Å². The number of ether oxygens (including phenoxy) is 1. The Hall–Kier alpha value is -3.26. The highest BCUT2D eigenvalue weighted by molar-refractivity contribution is 8.14. The van der Waals surface area contributed by atoms with Gasteiger partial charge in [0, 0.05) is 36.5 Å². The maximum atomic E-state index is 12.2. The molecule has 2 aromatic carbocycles. The summed E-state index contributed by atoms with van der Waals surface area (Å²) < 4.78 is 8.12. The van der Waals surface area contributed by atoms with Crippen LogP contribution < -0.4 is 10.1 Å². The zero-order valence-electron chi connectivity index (χ0n) is 17.7. The van der Waals surface area contributed by atoms with Gasteiger partial charge in [0.15, 0.2) is 5.17 Å². The van der Waals surface area contributed by atoms with Gasteiger partial charge >= 0.3 is 0 Å². The summed E-state index contributed by atoms with van der Waals surface area (Å²) >= 11 is 1.36. The topological polar surface area (TPSA) is 75.9 Å². The van der Waals surface area contributed by atoms with E-state index in [2.05, 4.69) is 21.1 Å². The quantitative estimate of drug-likeness (QED) is 0.655. The summed E-state index contributed by atoms with van der Waals surface area (Å²) in [7, 11) is 0. The molecule has 1 atom stereocenters. The van der Waals surface area contributed by atoms with Crippen LogP contribution in [0.3, 0.4) is 0 Å². The van der Waals surface area contributed by atoms with E-state index >= 15 is 0 Å². The van der Waals surface area contributed by atoms with Crippen LogP contribution in [0.5, 0.6) is 5.75 Å². The molecule has 1 N–H and O–H groups in total. The van der Waals surface area contributed by atoms with Gasteiger partial charge in [-0.05, 0) is 24.6 Å². The first kappa shape index (κ1) is 21.0. The molecule has 7 nitrogen and oxygen atoms in total. The van der Waals surface area contributed by atoms with Crippen LogP contribution in [0.15, 0.2) is 59.8 Å². The summed E-state index contributed by atoms with van der Waals surface area (Å²) in [5, 5.41) is 9.55. The van der Waals surface area contributed by atoms with Gasteiger partial charge in [-0.15, -0.1) is 5.10 Å². The van der Waals surface area contributed by atoms with Crippen molar-refractivity contribution in [2.24, 2.45) is 5.10 Å². The minimum Gasteiger partial charge on any atom is -0.491 e. The first-order chi connectivity index (χ1) is 14.9. The number of para-hydroxylation sites is 2. The highest BCUT2D eigenvalue weighted by Crippen LogP contribution is 2.42. The average Bonchev–Trinajstić information content (AvgIpc) is 3.31. The minimum atomic E-state index is -0.345. The van der Waals surface area contributed by atoms with Crippen LogP contribution in [-0.2, 0) is 16.1 Å². The second kappa shape index (κ2) is 8.85. The molecule has 1 aliphatic heterocycles. The van der Waals surface area contributed by atoms with Gasteiger partial charge in [-0.25, -0.2) is 5.01 Å². The molecule has 3 aromatic rings. The minimum absolute atomic E-state index is 0.183. The molecule has 1 aromatic heterocycles. The van der Waals surface area contributed by atoms with Gasteiger partial charge in [0.05, 0.1) is 6.54 Å². The molecule has 0 spiro atoms. The number of nitrogens with zero attached hydrogens (tertiary/aromatic N) is 3. The van der Waals surface area contributed by atoms with Crippen molar-refractivity contribution in [1.82, 2.24) is 14.9 Å². The zero-order chi connectivity index (χ0) is 22.0. The monoisotopic (exact) mass is 436 g/mol. The number of rotatable bonds is 5. The highest BCUT2D eigenvalue weighted by atomic mass is 32.2. The molecule has 0 fully saturated rings. The van der Waals surface area contributed by atoms with Crippen molar-refractivity contribution in [3.05, 3.63) is 65.9 Å². The smallest absolute Gasteiger partial charge is 0.241 e. The van der Waals surface area contributed by atoms with Crippen molar-refractivity contribution in [3.63, 3.8) is 0 Å². The van der Waals surface area contributed by atoms with Crippen LogP contribution in [-0.4, -0.2) is 33.2 Å². The second-order valence-electron chi connectivity index (χ2n) is 7.33. The molecule has 0 aliphatic carbocycles. The summed E-state index contributed by atoms with van der Waals surface area (Å²) in [5.74, 6) is 0.477. The van der Waals surface area contributed by atoms with E-state index in [1.165, 1.54) is 30.6 Å². The largest absolute Gasteiger partial charge is 0.491 e. The zero-order valence-corrected chi connectivity index (χ0v) is 18.5. The molecule has 1 unspecified atom stereocenters. The summed E-state index contributed by atoms with van der Waals surface area (Å²) in [4.78, 5) is 23.7. The van der Waals surface area contributed by atoms with Crippen LogP contribution in [0.4, 0.5) is 0 Å². The van der Waals surface area contributed by atoms with Gasteiger partial charge < -0.3 is 14.6 Å². The van der Waals surface area contributed by atoms with Crippen LogP contribution in [0, 0.1) is 6.92 Å². The van der Waals surface area contributed by atoms with E-state index < -0.39 is 0 Å². The third kappa shape index (κ3) is 4.44. The van der Waals surface area contributed by atoms with Crippen LogP contribution in [0.2, 0.25) is 0 Å². The number of carbonyl (C=O) groups excluding carboxylic acids is 2. The van der Waals surface area contributed by atoms with E-state index in [1.807, 2.05) is 55.6 Å². The van der Waals surface area contributed by atoms with E-state index in [-0.39, 0.29) is 17.2 Å². The number of hydrogen-bond donors (Lipinski definition) is 1. The lowest BCUT2D eigenvalue weighted by atomic mass is 10.1. The predicted octanol–water partition coefficient (Wildman–Crippen LogP) is 4.03.